The highest BCUT2D eigenvalue weighted by molar-refractivity contribution is 6.30. The highest BCUT2D eigenvalue weighted by Gasteiger charge is 2.11. The van der Waals surface area contributed by atoms with Crippen LogP contribution in [0.3, 0.4) is 0 Å². The van der Waals surface area contributed by atoms with Crippen molar-refractivity contribution in [3.63, 3.8) is 0 Å². The smallest absolute Gasteiger partial charge is 0.339 e. The van der Waals surface area contributed by atoms with Crippen molar-refractivity contribution in [3.8, 4) is 0 Å². The molecule has 1 N–H and O–H groups in total. The summed E-state index contributed by atoms with van der Waals surface area (Å²) in [5.41, 5.74) is 1.73. The summed E-state index contributed by atoms with van der Waals surface area (Å²) in [6.45, 7) is 2.19. The van der Waals surface area contributed by atoms with Crippen molar-refractivity contribution < 1.29 is 9.90 Å². The molecule has 17 heavy (non-hydrogen) atoms. The third-order valence-corrected chi connectivity index (χ3v) is 2.65. The molecule has 4 nitrogen and oxygen atoms in total. The number of aromatic nitrogens is 2. The number of aryl methyl sites for hydroxylation is 1. The lowest BCUT2D eigenvalue weighted by molar-refractivity contribution is 0.0696. The second kappa shape index (κ2) is 4.59. The second-order valence-corrected chi connectivity index (χ2v) is 4.20. The van der Waals surface area contributed by atoms with Gasteiger partial charge in [0.05, 0.1) is 12.2 Å². The lowest BCUT2D eigenvalue weighted by Crippen LogP contribution is -2.00. The number of benzene rings is 1. The number of rotatable bonds is 3. The van der Waals surface area contributed by atoms with Crippen LogP contribution in [0, 0.1) is 6.92 Å². The zero-order chi connectivity index (χ0) is 12.4. The zero-order valence-electron chi connectivity index (χ0n) is 9.22. The van der Waals surface area contributed by atoms with E-state index in [4.69, 9.17) is 16.7 Å². The molecule has 0 aliphatic carbocycles. The SMILES string of the molecule is Cc1nn(Cc2cccc(Cl)c2)cc1C(=O)O. The molecule has 0 bridgehead atoms. The summed E-state index contributed by atoms with van der Waals surface area (Å²) < 4.78 is 1.60. The Morgan fingerprint density at radius 3 is 2.88 bits per heavy atom. The Labute approximate surface area is 103 Å². The summed E-state index contributed by atoms with van der Waals surface area (Å²) >= 11 is 5.87. The van der Waals surface area contributed by atoms with Gasteiger partial charge in [-0.15, -0.1) is 0 Å². The van der Waals surface area contributed by atoms with E-state index in [1.54, 1.807) is 17.7 Å². The van der Waals surface area contributed by atoms with Crippen LogP contribution in [0.4, 0.5) is 0 Å². The number of halogens is 1. The van der Waals surface area contributed by atoms with E-state index in [9.17, 15) is 4.79 Å². The number of aromatic carboxylic acids is 1. The van der Waals surface area contributed by atoms with Crippen LogP contribution >= 0.6 is 11.6 Å². The third-order valence-electron chi connectivity index (χ3n) is 2.41. The van der Waals surface area contributed by atoms with Gasteiger partial charge in [-0.1, -0.05) is 23.7 Å². The van der Waals surface area contributed by atoms with E-state index in [2.05, 4.69) is 5.10 Å². The minimum Gasteiger partial charge on any atom is -0.478 e. The van der Waals surface area contributed by atoms with Crippen molar-refractivity contribution in [1.82, 2.24) is 9.78 Å². The molecule has 0 aliphatic rings. The monoisotopic (exact) mass is 250 g/mol. The van der Waals surface area contributed by atoms with Gasteiger partial charge in [-0.25, -0.2) is 4.79 Å². The summed E-state index contributed by atoms with van der Waals surface area (Å²) in [5, 5.41) is 13.7. The molecule has 0 spiro atoms. The lowest BCUT2D eigenvalue weighted by Gasteiger charge is -2.01. The molecule has 0 fully saturated rings. The van der Waals surface area contributed by atoms with Crippen molar-refractivity contribution >= 4 is 17.6 Å². The van der Waals surface area contributed by atoms with E-state index >= 15 is 0 Å². The first-order valence-electron chi connectivity index (χ1n) is 5.08. The van der Waals surface area contributed by atoms with Crippen LogP contribution in [0.2, 0.25) is 5.02 Å². The van der Waals surface area contributed by atoms with Gasteiger partial charge in [-0.2, -0.15) is 5.10 Å². The van der Waals surface area contributed by atoms with Crippen molar-refractivity contribution in [2.75, 3.05) is 0 Å². The Hall–Kier alpha value is -1.81. The van der Waals surface area contributed by atoms with Crippen molar-refractivity contribution in [1.29, 1.82) is 0 Å². The van der Waals surface area contributed by atoms with Gasteiger partial charge in [0.2, 0.25) is 0 Å². The Balaban J connectivity index is 2.25. The Kier molecular flexibility index (Phi) is 3.15. The molecule has 0 radical (unpaired) electrons. The Morgan fingerprint density at radius 1 is 1.53 bits per heavy atom. The van der Waals surface area contributed by atoms with Gasteiger partial charge in [0, 0.05) is 11.2 Å². The van der Waals surface area contributed by atoms with Crippen molar-refractivity contribution in [2.45, 2.75) is 13.5 Å². The van der Waals surface area contributed by atoms with E-state index in [0.29, 0.717) is 17.3 Å². The molecule has 5 heteroatoms. The maximum atomic E-state index is 10.9. The molecular weight excluding hydrogens is 240 g/mol. The standard InChI is InChI=1S/C12H11ClN2O2/c1-8-11(12(16)17)7-15(14-8)6-9-3-2-4-10(13)5-9/h2-5,7H,6H2,1H3,(H,16,17). The predicted molar refractivity (Wildman–Crippen MR) is 64.5 cm³/mol. The van der Waals surface area contributed by atoms with Crippen LogP contribution in [0.5, 0.6) is 0 Å². The largest absolute Gasteiger partial charge is 0.478 e. The van der Waals surface area contributed by atoms with E-state index in [1.807, 2.05) is 18.2 Å². The molecule has 88 valence electrons. The fourth-order valence-electron chi connectivity index (χ4n) is 1.63. The molecule has 0 saturated carbocycles. The quantitative estimate of drug-likeness (QED) is 0.911. The lowest BCUT2D eigenvalue weighted by atomic mass is 10.2. The molecule has 1 aromatic heterocycles. The van der Waals surface area contributed by atoms with Gasteiger partial charge in [-0.3, -0.25) is 4.68 Å². The topological polar surface area (TPSA) is 55.1 Å². The van der Waals surface area contributed by atoms with Gasteiger partial charge in [-0.05, 0) is 24.6 Å². The highest BCUT2D eigenvalue weighted by atomic mass is 35.5. The van der Waals surface area contributed by atoms with Crippen molar-refractivity contribution in [2.24, 2.45) is 0 Å². The Morgan fingerprint density at radius 2 is 2.29 bits per heavy atom. The molecule has 0 saturated heterocycles. The molecule has 2 aromatic rings. The van der Waals surface area contributed by atoms with E-state index in [1.165, 1.54) is 6.20 Å². The van der Waals surface area contributed by atoms with Crippen LogP contribution in [-0.4, -0.2) is 20.9 Å². The van der Waals surface area contributed by atoms with Crippen molar-refractivity contribution in [3.05, 3.63) is 52.3 Å². The minimum absolute atomic E-state index is 0.229. The summed E-state index contributed by atoms with van der Waals surface area (Å²) in [4.78, 5) is 10.9. The molecule has 2 rings (SSSR count). The molecule has 0 aliphatic heterocycles. The zero-order valence-corrected chi connectivity index (χ0v) is 9.98. The van der Waals surface area contributed by atoms with Gasteiger partial charge in [0.25, 0.3) is 0 Å². The molecule has 1 heterocycles. The fourth-order valence-corrected chi connectivity index (χ4v) is 1.84. The van der Waals surface area contributed by atoms with Gasteiger partial charge in [0.15, 0.2) is 0 Å². The van der Waals surface area contributed by atoms with E-state index in [0.717, 1.165) is 5.56 Å². The first-order valence-corrected chi connectivity index (χ1v) is 5.46. The number of carboxylic acid groups (broad SMARTS) is 1. The average molecular weight is 251 g/mol. The first-order chi connectivity index (χ1) is 8.06. The van der Waals surface area contributed by atoms with Crippen LogP contribution in [0.15, 0.2) is 30.5 Å². The van der Waals surface area contributed by atoms with Crippen LogP contribution < -0.4 is 0 Å². The van der Waals surface area contributed by atoms with E-state index in [-0.39, 0.29) is 5.56 Å². The molecule has 1 aromatic carbocycles. The normalized spacial score (nSPS) is 10.5. The molecular formula is C12H11ClN2O2. The van der Waals surface area contributed by atoms with Crippen LogP contribution in [-0.2, 0) is 6.54 Å². The van der Waals surface area contributed by atoms with Crippen LogP contribution in [0.25, 0.3) is 0 Å². The minimum atomic E-state index is -0.958. The maximum Gasteiger partial charge on any atom is 0.339 e. The maximum absolute atomic E-state index is 10.9. The average Bonchev–Trinajstić information content (AvgIpc) is 2.59. The van der Waals surface area contributed by atoms with Crippen LogP contribution in [0.1, 0.15) is 21.6 Å². The van der Waals surface area contributed by atoms with Gasteiger partial charge < -0.3 is 5.11 Å². The second-order valence-electron chi connectivity index (χ2n) is 3.76. The summed E-state index contributed by atoms with van der Waals surface area (Å²) in [5.74, 6) is -0.958. The number of nitrogens with zero attached hydrogens (tertiary/aromatic N) is 2. The summed E-state index contributed by atoms with van der Waals surface area (Å²) in [6.07, 6.45) is 1.53. The number of hydrogen-bond donors (Lipinski definition) is 1. The first kappa shape index (κ1) is 11.7. The fraction of sp³-hybridized carbons (Fsp3) is 0.167. The Bertz CT molecular complexity index is 563. The highest BCUT2D eigenvalue weighted by Crippen LogP contribution is 2.13. The molecule has 0 atom stereocenters. The summed E-state index contributed by atoms with van der Waals surface area (Å²) in [7, 11) is 0. The van der Waals surface area contributed by atoms with Gasteiger partial charge in [0.1, 0.15) is 5.56 Å². The number of carboxylic acids is 1. The third kappa shape index (κ3) is 2.65. The molecule has 0 unspecified atom stereocenters. The summed E-state index contributed by atoms with van der Waals surface area (Å²) in [6, 6.07) is 7.40. The van der Waals surface area contributed by atoms with Gasteiger partial charge >= 0.3 is 5.97 Å². The number of hydrogen-bond acceptors (Lipinski definition) is 2. The molecule has 0 amide bonds. The van der Waals surface area contributed by atoms with E-state index < -0.39 is 5.97 Å². The number of carbonyl (C=O) groups is 1. The predicted octanol–water partition coefficient (Wildman–Crippen LogP) is 2.59.